The number of rotatable bonds is 6. The molecule has 1 aromatic carbocycles. The molecule has 1 aliphatic heterocycles. The van der Waals surface area contributed by atoms with Crippen molar-refractivity contribution in [1.29, 1.82) is 0 Å². The number of ether oxygens (including phenoxy) is 1. The molecule has 0 spiro atoms. The van der Waals surface area contributed by atoms with Gasteiger partial charge < -0.3 is 4.74 Å². The van der Waals surface area contributed by atoms with Gasteiger partial charge in [0.2, 0.25) is 11.0 Å². The van der Waals surface area contributed by atoms with Crippen LogP contribution in [0.15, 0.2) is 35.3 Å². The van der Waals surface area contributed by atoms with Crippen LogP contribution >= 0.6 is 34.9 Å². The number of aliphatic imine (C=N–C) groups is 1. The second kappa shape index (κ2) is 8.32. The maximum atomic E-state index is 11.9. The molecule has 2 heterocycles. The Labute approximate surface area is 146 Å². The molecule has 3 rings (SSSR count). The zero-order valence-electron chi connectivity index (χ0n) is 12.1. The van der Waals surface area contributed by atoms with Gasteiger partial charge in [-0.1, -0.05) is 53.1 Å². The van der Waals surface area contributed by atoms with Crippen molar-refractivity contribution in [3.8, 4) is 5.75 Å². The zero-order valence-corrected chi connectivity index (χ0v) is 14.5. The van der Waals surface area contributed by atoms with Crippen molar-refractivity contribution >= 4 is 50.3 Å². The number of carbonyl (C=O) groups excluding carboxylic acids is 1. The first-order valence-corrected chi connectivity index (χ1v) is 9.68. The molecule has 6 nitrogen and oxygen atoms in total. The third-order valence-corrected chi connectivity index (χ3v) is 5.77. The molecular formula is C14H14N4O2S3. The first-order valence-electron chi connectivity index (χ1n) is 6.90. The van der Waals surface area contributed by atoms with E-state index in [1.807, 2.05) is 30.3 Å². The first-order chi connectivity index (χ1) is 11.3. The minimum Gasteiger partial charge on any atom is -0.486 e. The van der Waals surface area contributed by atoms with E-state index in [9.17, 15) is 4.79 Å². The summed E-state index contributed by atoms with van der Waals surface area (Å²) in [6.07, 6.45) is 0. The SMILES string of the molecule is O=C(CSC1=NCCS1)Nc1nnc(COc2ccccc2)s1. The summed E-state index contributed by atoms with van der Waals surface area (Å²) in [6.45, 7) is 1.18. The Balaban J connectivity index is 1.44. The lowest BCUT2D eigenvalue weighted by Crippen LogP contribution is -2.14. The number of hydrogen-bond acceptors (Lipinski definition) is 8. The molecule has 1 aliphatic rings. The highest BCUT2D eigenvalue weighted by Gasteiger charge is 2.12. The smallest absolute Gasteiger partial charge is 0.236 e. The Morgan fingerprint density at radius 3 is 2.96 bits per heavy atom. The maximum Gasteiger partial charge on any atom is 0.236 e. The quantitative estimate of drug-likeness (QED) is 0.847. The van der Waals surface area contributed by atoms with Crippen LogP contribution in [0.3, 0.4) is 0 Å². The number of thioether (sulfide) groups is 2. The van der Waals surface area contributed by atoms with E-state index in [1.165, 1.54) is 23.1 Å². The molecule has 0 fully saturated rings. The van der Waals surface area contributed by atoms with E-state index >= 15 is 0 Å². The molecule has 0 atom stereocenters. The number of benzene rings is 1. The Bertz CT molecular complexity index is 690. The summed E-state index contributed by atoms with van der Waals surface area (Å²) in [5.74, 6) is 2.02. The minimum absolute atomic E-state index is 0.100. The predicted octanol–water partition coefficient (Wildman–Crippen LogP) is 2.89. The van der Waals surface area contributed by atoms with E-state index in [4.69, 9.17) is 4.74 Å². The number of carbonyl (C=O) groups is 1. The Kier molecular flexibility index (Phi) is 5.89. The summed E-state index contributed by atoms with van der Waals surface area (Å²) in [5, 5.41) is 11.9. The number of hydrogen-bond donors (Lipinski definition) is 1. The number of nitrogens with zero attached hydrogens (tertiary/aromatic N) is 3. The third kappa shape index (κ3) is 5.22. The van der Waals surface area contributed by atoms with E-state index in [0.717, 1.165) is 22.4 Å². The van der Waals surface area contributed by atoms with Gasteiger partial charge in [0.15, 0.2) is 5.01 Å². The summed E-state index contributed by atoms with van der Waals surface area (Å²) >= 11 is 4.46. The van der Waals surface area contributed by atoms with E-state index in [0.29, 0.717) is 22.5 Å². The van der Waals surface area contributed by atoms with Crippen LogP contribution in [0.4, 0.5) is 5.13 Å². The van der Waals surface area contributed by atoms with E-state index in [1.54, 1.807) is 11.8 Å². The van der Waals surface area contributed by atoms with Crippen molar-refractivity contribution in [1.82, 2.24) is 10.2 Å². The lowest BCUT2D eigenvalue weighted by atomic mass is 10.3. The van der Waals surface area contributed by atoms with Crippen LogP contribution in [-0.2, 0) is 11.4 Å². The minimum atomic E-state index is -0.100. The van der Waals surface area contributed by atoms with Gasteiger partial charge in [-0.05, 0) is 12.1 Å². The average Bonchev–Trinajstić information content (AvgIpc) is 3.24. The second-order valence-corrected chi connectivity index (χ2v) is 7.80. The third-order valence-electron chi connectivity index (χ3n) is 2.70. The number of nitrogens with one attached hydrogen (secondary N) is 1. The molecule has 9 heteroatoms. The van der Waals surface area contributed by atoms with Crippen LogP contribution < -0.4 is 10.1 Å². The number of anilines is 1. The van der Waals surface area contributed by atoms with Gasteiger partial charge in [0.05, 0.1) is 12.3 Å². The molecule has 0 unspecified atom stereocenters. The van der Waals surface area contributed by atoms with Gasteiger partial charge in [-0.3, -0.25) is 15.1 Å². The van der Waals surface area contributed by atoms with Crippen LogP contribution in [0.1, 0.15) is 5.01 Å². The van der Waals surface area contributed by atoms with Gasteiger partial charge >= 0.3 is 0 Å². The molecule has 120 valence electrons. The van der Waals surface area contributed by atoms with Crippen LogP contribution in [0.5, 0.6) is 5.75 Å². The summed E-state index contributed by atoms with van der Waals surface area (Å²) in [4.78, 5) is 16.2. The van der Waals surface area contributed by atoms with Crippen molar-refractivity contribution in [3.63, 3.8) is 0 Å². The molecule has 1 aromatic heterocycles. The number of aromatic nitrogens is 2. The molecule has 0 saturated heterocycles. The fourth-order valence-electron chi connectivity index (χ4n) is 1.71. The normalized spacial score (nSPS) is 13.7. The monoisotopic (exact) mass is 366 g/mol. The van der Waals surface area contributed by atoms with E-state index < -0.39 is 0 Å². The van der Waals surface area contributed by atoms with Gasteiger partial charge in [-0.2, -0.15) is 0 Å². The zero-order chi connectivity index (χ0) is 15.9. The van der Waals surface area contributed by atoms with Gasteiger partial charge in [-0.15, -0.1) is 10.2 Å². The Morgan fingerprint density at radius 2 is 2.17 bits per heavy atom. The lowest BCUT2D eigenvalue weighted by molar-refractivity contribution is -0.113. The van der Waals surface area contributed by atoms with Crippen molar-refractivity contribution in [2.24, 2.45) is 4.99 Å². The summed E-state index contributed by atoms with van der Waals surface area (Å²) in [7, 11) is 0. The highest BCUT2D eigenvalue weighted by Crippen LogP contribution is 2.23. The molecule has 2 aromatic rings. The van der Waals surface area contributed by atoms with Crippen LogP contribution in [0.2, 0.25) is 0 Å². The first kappa shape index (κ1) is 16.3. The van der Waals surface area contributed by atoms with Crippen molar-refractivity contribution in [3.05, 3.63) is 35.3 Å². The summed E-state index contributed by atoms with van der Waals surface area (Å²) in [6, 6.07) is 9.51. The lowest BCUT2D eigenvalue weighted by Gasteiger charge is -2.02. The molecule has 0 bridgehead atoms. The fourth-order valence-corrected chi connectivity index (χ4v) is 4.19. The molecular weight excluding hydrogens is 352 g/mol. The van der Waals surface area contributed by atoms with Gasteiger partial charge in [0.1, 0.15) is 16.7 Å². The number of amides is 1. The van der Waals surface area contributed by atoms with Gasteiger partial charge in [-0.25, -0.2) is 0 Å². The standard InChI is InChI=1S/C14H14N4O2S3/c19-11(9-22-14-15-6-7-21-14)16-13-18-17-12(23-13)8-20-10-4-2-1-3-5-10/h1-5H,6-9H2,(H,16,18,19). The van der Waals surface area contributed by atoms with Crippen LogP contribution in [0.25, 0.3) is 0 Å². The molecule has 0 aliphatic carbocycles. The maximum absolute atomic E-state index is 11.9. The molecule has 0 saturated carbocycles. The highest BCUT2D eigenvalue weighted by molar-refractivity contribution is 8.39. The summed E-state index contributed by atoms with van der Waals surface area (Å²) < 4.78 is 6.58. The fraction of sp³-hybridized carbons (Fsp3) is 0.286. The predicted molar refractivity (Wildman–Crippen MR) is 96.5 cm³/mol. The largest absolute Gasteiger partial charge is 0.486 e. The topological polar surface area (TPSA) is 76.5 Å². The van der Waals surface area contributed by atoms with E-state index in [2.05, 4.69) is 20.5 Å². The van der Waals surface area contributed by atoms with E-state index in [-0.39, 0.29) is 5.91 Å². The highest BCUT2D eigenvalue weighted by atomic mass is 32.2. The Morgan fingerprint density at radius 1 is 1.30 bits per heavy atom. The van der Waals surface area contributed by atoms with Crippen molar-refractivity contribution in [2.75, 3.05) is 23.4 Å². The van der Waals surface area contributed by atoms with Crippen molar-refractivity contribution in [2.45, 2.75) is 6.61 Å². The Hall–Kier alpha value is -1.58. The molecule has 1 amide bonds. The number of para-hydroxylation sites is 1. The average molecular weight is 366 g/mol. The van der Waals surface area contributed by atoms with Crippen LogP contribution in [0, 0.1) is 0 Å². The molecule has 1 N–H and O–H groups in total. The van der Waals surface area contributed by atoms with Gasteiger partial charge in [0, 0.05) is 5.75 Å². The molecule has 23 heavy (non-hydrogen) atoms. The summed E-state index contributed by atoms with van der Waals surface area (Å²) in [5.41, 5.74) is 0. The van der Waals surface area contributed by atoms with Crippen LogP contribution in [-0.4, -0.2) is 38.5 Å². The second-order valence-electron chi connectivity index (χ2n) is 4.44. The van der Waals surface area contributed by atoms with Crippen molar-refractivity contribution < 1.29 is 9.53 Å². The van der Waals surface area contributed by atoms with Gasteiger partial charge in [0.25, 0.3) is 0 Å². The molecule has 0 radical (unpaired) electrons.